The van der Waals surface area contributed by atoms with Gasteiger partial charge in [-0.15, -0.1) is 0 Å². The van der Waals surface area contributed by atoms with Crippen molar-refractivity contribution in [3.63, 3.8) is 0 Å². The first-order valence-electron chi connectivity index (χ1n) is 2.99. The highest BCUT2D eigenvalue weighted by Gasteiger charge is 2.05. The third-order valence-corrected chi connectivity index (χ3v) is 0.708. The van der Waals surface area contributed by atoms with Crippen molar-refractivity contribution in [1.29, 1.82) is 0 Å². The van der Waals surface area contributed by atoms with Crippen LogP contribution in [0.3, 0.4) is 0 Å². The SMILES string of the molecule is O=C(O)/C=C\C(=O)OOC(=O)CO. The lowest BCUT2D eigenvalue weighted by Crippen LogP contribution is -2.12. The Hall–Kier alpha value is -1.89. The minimum Gasteiger partial charge on any atom is -0.478 e. The van der Waals surface area contributed by atoms with Crippen LogP contribution in [-0.4, -0.2) is 34.7 Å². The molecule has 0 bridgehead atoms. The van der Waals surface area contributed by atoms with Crippen molar-refractivity contribution in [3.05, 3.63) is 12.2 Å². The summed E-state index contributed by atoms with van der Waals surface area (Å²) in [6, 6.07) is 0. The van der Waals surface area contributed by atoms with Gasteiger partial charge < -0.3 is 10.2 Å². The zero-order chi connectivity index (χ0) is 10.3. The maximum atomic E-state index is 10.4. The van der Waals surface area contributed by atoms with Gasteiger partial charge in [0.05, 0.1) is 0 Å². The molecule has 0 heterocycles. The minimum atomic E-state index is -1.34. The van der Waals surface area contributed by atoms with E-state index in [9.17, 15) is 14.4 Å². The molecule has 0 aliphatic rings. The van der Waals surface area contributed by atoms with Gasteiger partial charge in [-0.3, -0.25) is 0 Å². The summed E-state index contributed by atoms with van der Waals surface area (Å²) < 4.78 is 0. The smallest absolute Gasteiger partial charge is 0.380 e. The molecule has 0 atom stereocenters. The number of hydrogen-bond acceptors (Lipinski definition) is 6. The Morgan fingerprint density at radius 2 is 1.77 bits per heavy atom. The van der Waals surface area contributed by atoms with Crippen molar-refractivity contribution in [2.75, 3.05) is 6.61 Å². The van der Waals surface area contributed by atoms with E-state index in [0.717, 1.165) is 0 Å². The molecule has 0 aliphatic heterocycles. The molecule has 7 heteroatoms. The third kappa shape index (κ3) is 6.51. The van der Waals surface area contributed by atoms with Crippen LogP contribution in [0.5, 0.6) is 0 Å². The van der Waals surface area contributed by atoms with Gasteiger partial charge in [0.15, 0.2) is 0 Å². The zero-order valence-corrected chi connectivity index (χ0v) is 6.30. The molecule has 13 heavy (non-hydrogen) atoms. The number of carbonyl (C=O) groups excluding carboxylic acids is 2. The molecule has 0 aromatic rings. The Morgan fingerprint density at radius 1 is 1.15 bits per heavy atom. The fourth-order valence-corrected chi connectivity index (χ4v) is 0.281. The highest BCUT2D eigenvalue weighted by molar-refractivity contribution is 5.90. The fourth-order valence-electron chi connectivity index (χ4n) is 0.281. The van der Waals surface area contributed by atoms with E-state index in [-0.39, 0.29) is 0 Å². The Labute approximate surface area is 72.1 Å². The molecule has 0 rings (SSSR count). The van der Waals surface area contributed by atoms with E-state index in [2.05, 4.69) is 9.78 Å². The molecule has 7 nitrogen and oxygen atoms in total. The molecule has 0 aromatic heterocycles. The van der Waals surface area contributed by atoms with Gasteiger partial charge in [-0.25, -0.2) is 24.2 Å². The highest BCUT2D eigenvalue weighted by Crippen LogP contribution is 1.85. The van der Waals surface area contributed by atoms with Gasteiger partial charge in [0, 0.05) is 12.2 Å². The zero-order valence-electron chi connectivity index (χ0n) is 6.30. The number of carboxylic acid groups (broad SMARTS) is 1. The standard InChI is InChI=1S/C6H6O7/c7-3-6(11)13-12-5(10)2-1-4(8)9/h1-2,7H,3H2,(H,8,9)/b2-1-. The van der Waals surface area contributed by atoms with Crippen LogP contribution in [0.15, 0.2) is 12.2 Å². The number of aliphatic hydroxyl groups excluding tert-OH is 1. The molecule has 0 unspecified atom stereocenters. The van der Waals surface area contributed by atoms with E-state index >= 15 is 0 Å². The lowest BCUT2D eigenvalue weighted by molar-refractivity contribution is -0.256. The highest BCUT2D eigenvalue weighted by atomic mass is 17.2. The summed E-state index contributed by atoms with van der Waals surface area (Å²) in [5.41, 5.74) is 0. The Bertz CT molecular complexity index is 241. The quantitative estimate of drug-likeness (QED) is 0.320. The van der Waals surface area contributed by atoms with Gasteiger partial charge >= 0.3 is 17.9 Å². The number of carboxylic acids is 1. The summed E-state index contributed by atoms with van der Waals surface area (Å²) in [4.78, 5) is 37.9. The lowest BCUT2D eigenvalue weighted by Gasteiger charge is -1.96. The van der Waals surface area contributed by atoms with Gasteiger partial charge in [0.1, 0.15) is 6.61 Å². The van der Waals surface area contributed by atoms with E-state index in [1.165, 1.54) is 0 Å². The van der Waals surface area contributed by atoms with Crippen LogP contribution in [-0.2, 0) is 24.2 Å². The van der Waals surface area contributed by atoms with Gasteiger partial charge in [-0.2, -0.15) is 0 Å². The van der Waals surface area contributed by atoms with Crippen molar-refractivity contribution in [2.24, 2.45) is 0 Å². The van der Waals surface area contributed by atoms with E-state index in [1.54, 1.807) is 0 Å². The van der Waals surface area contributed by atoms with E-state index < -0.39 is 24.5 Å². The molecule has 0 fully saturated rings. The second-order valence-corrected chi connectivity index (χ2v) is 1.69. The molecule has 0 aliphatic carbocycles. The average molecular weight is 190 g/mol. The molecule has 2 N–H and O–H groups in total. The maximum absolute atomic E-state index is 10.4. The van der Waals surface area contributed by atoms with E-state index in [0.29, 0.717) is 12.2 Å². The van der Waals surface area contributed by atoms with E-state index in [4.69, 9.17) is 10.2 Å². The summed E-state index contributed by atoms with van der Waals surface area (Å²) in [5, 5.41) is 16.1. The second kappa shape index (κ2) is 5.72. The van der Waals surface area contributed by atoms with Crippen LogP contribution < -0.4 is 0 Å². The van der Waals surface area contributed by atoms with Gasteiger partial charge in [0.2, 0.25) is 0 Å². The molecular formula is C6H6O7. The predicted octanol–water partition coefficient (Wildman–Crippen LogP) is -1.38. The van der Waals surface area contributed by atoms with Gasteiger partial charge in [-0.05, 0) is 0 Å². The Balaban J connectivity index is 3.76. The van der Waals surface area contributed by atoms with Crippen LogP contribution in [0, 0.1) is 0 Å². The number of aliphatic hydroxyl groups is 1. The number of aliphatic carboxylic acids is 1. The molecular weight excluding hydrogens is 184 g/mol. The predicted molar refractivity (Wildman–Crippen MR) is 36.0 cm³/mol. The fraction of sp³-hybridized carbons (Fsp3) is 0.167. The molecule has 0 aromatic carbocycles. The van der Waals surface area contributed by atoms with Crippen molar-refractivity contribution >= 4 is 17.9 Å². The van der Waals surface area contributed by atoms with Gasteiger partial charge in [-0.1, -0.05) is 0 Å². The molecule has 0 spiro atoms. The lowest BCUT2D eigenvalue weighted by atomic mass is 10.5. The normalized spacial score (nSPS) is 9.62. The largest absolute Gasteiger partial charge is 0.478 e. The number of rotatable bonds is 3. The van der Waals surface area contributed by atoms with Crippen LogP contribution in [0.2, 0.25) is 0 Å². The van der Waals surface area contributed by atoms with Crippen molar-refractivity contribution in [2.45, 2.75) is 0 Å². The van der Waals surface area contributed by atoms with Gasteiger partial charge in [0.25, 0.3) is 0 Å². The molecule has 0 saturated carbocycles. The van der Waals surface area contributed by atoms with Crippen LogP contribution in [0.4, 0.5) is 0 Å². The van der Waals surface area contributed by atoms with Crippen molar-refractivity contribution < 1.29 is 34.4 Å². The second-order valence-electron chi connectivity index (χ2n) is 1.69. The first-order chi connectivity index (χ1) is 6.06. The van der Waals surface area contributed by atoms with Crippen molar-refractivity contribution in [1.82, 2.24) is 0 Å². The molecule has 72 valence electrons. The first kappa shape index (κ1) is 11.1. The summed E-state index contributed by atoms with van der Waals surface area (Å²) in [6.07, 6.45) is 1.06. The minimum absolute atomic E-state index is 0.509. The number of carbonyl (C=O) groups is 3. The Kier molecular flexibility index (Phi) is 4.89. The van der Waals surface area contributed by atoms with Crippen LogP contribution >= 0.6 is 0 Å². The summed E-state index contributed by atoms with van der Waals surface area (Å²) in [6.45, 7) is -0.935. The Morgan fingerprint density at radius 3 is 2.23 bits per heavy atom. The monoisotopic (exact) mass is 190 g/mol. The average Bonchev–Trinajstić information content (AvgIpc) is 2.10. The first-order valence-corrected chi connectivity index (χ1v) is 2.99. The van der Waals surface area contributed by atoms with Crippen LogP contribution in [0.25, 0.3) is 0 Å². The summed E-state index contributed by atoms with van der Waals surface area (Å²) in [5.74, 6) is -3.66. The third-order valence-electron chi connectivity index (χ3n) is 0.708. The number of hydrogen-bond donors (Lipinski definition) is 2. The van der Waals surface area contributed by atoms with Crippen LogP contribution in [0.1, 0.15) is 0 Å². The molecule has 0 saturated heterocycles. The molecule has 0 radical (unpaired) electrons. The molecule has 0 amide bonds. The van der Waals surface area contributed by atoms with E-state index in [1.807, 2.05) is 0 Å². The van der Waals surface area contributed by atoms with Crippen molar-refractivity contribution in [3.8, 4) is 0 Å². The summed E-state index contributed by atoms with van der Waals surface area (Å²) in [7, 11) is 0. The summed E-state index contributed by atoms with van der Waals surface area (Å²) >= 11 is 0. The maximum Gasteiger partial charge on any atom is 0.380 e. The topological polar surface area (TPSA) is 110 Å².